The Morgan fingerprint density at radius 3 is 2.29 bits per heavy atom. The van der Waals surface area contributed by atoms with Gasteiger partial charge in [-0.2, -0.15) is 15.0 Å². The molecule has 0 spiro atoms. The average Bonchev–Trinajstić information content (AvgIpc) is 3.17. The van der Waals surface area contributed by atoms with Gasteiger partial charge in [-0.05, 0) is 45.4 Å². The number of hydrogen-bond donors (Lipinski definition) is 2. The quantitative estimate of drug-likeness (QED) is 0.729. The molecular weight excluding hydrogens is 266 g/mol. The zero-order valence-corrected chi connectivity index (χ0v) is 13.6. The van der Waals surface area contributed by atoms with Crippen LogP contribution in [0.15, 0.2) is 0 Å². The largest absolute Gasteiger partial charge is 0.461 e. The standard InChI is InChI=1S/C15H27N5O/c1-5-7-15(8-9-15)10-17-13-18-12(16-6-2)19-14(20-13)21-11(3)4/h11H,5-10H2,1-4H3,(H2,16,17,18,19,20). The van der Waals surface area contributed by atoms with Crippen LogP contribution in [0.4, 0.5) is 11.9 Å². The van der Waals surface area contributed by atoms with Gasteiger partial charge in [0.05, 0.1) is 6.10 Å². The highest BCUT2D eigenvalue weighted by molar-refractivity contribution is 5.36. The highest BCUT2D eigenvalue weighted by atomic mass is 16.5. The highest BCUT2D eigenvalue weighted by Crippen LogP contribution is 2.49. The summed E-state index contributed by atoms with van der Waals surface area (Å²) in [7, 11) is 0. The summed E-state index contributed by atoms with van der Waals surface area (Å²) >= 11 is 0. The Balaban J connectivity index is 2.04. The van der Waals surface area contributed by atoms with Crippen molar-refractivity contribution in [3.05, 3.63) is 0 Å². The Labute approximate surface area is 127 Å². The van der Waals surface area contributed by atoms with Gasteiger partial charge in [-0.15, -0.1) is 0 Å². The molecule has 0 atom stereocenters. The van der Waals surface area contributed by atoms with Crippen LogP contribution < -0.4 is 15.4 Å². The second-order valence-electron chi connectivity index (χ2n) is 6.07. The smallest absolute Gasteiger partial charge is 0.323 e. The Morgan fingerprint density at radius 2 is 1.76 bits per heavy atom. The lowest BCUT2D eigenvalue weighted by Crippen LogP contribution is -2.18. The van der Waals surface area contributed by atoms with Crippen molar-refractivity contribution in [3.8, 4) is 6.01 Å². The Morgan fingerprint density at radius 1 is 1.10 bits per heavy atom. The molecule has 118 valence electrons. The van der Waals surface area contributed by atoms with E-state index in [4.69, 9.17) is 4.74 Å². The molecule has 1 aliphatic rings. The van der Waals surface area contributed by atoms with Gasteiger partial charge < -0.3 is 15.4 Å². The summed E-state index contributed by atoms with van der Waals surface area (Å²) in [6.45, 7) is 9.87. The van der Waals surface area contributed by atoms with Gasteiger partial charge in [0, 0.05) is 13.1 Å². The van der Waals surface area contributed by atoms with Gasteiger partial charge in [-0.25, -0.2) is 0 Å². The SMILES string of the molecule is CCCC1(CNc2nc(NCC)nc(OC(C)C)n2)CC1. The molecule has 1 heterocycles. The van der Waals surface area contributed by atoms with E-state index in [-0.39, 0.29) is 6.10 Å². The van der Waals surface area contributed by atoms with Gasteiger partial charge >= 0.3 is 6.01 Å². The van der Waals surface area contributed by atoms with Crippen LogP contribution in [0.5, 0.6) is 6.01 Å². The molecule has 6 heteroatoms. The summed E-state index contributed by atoms with van der Waals surface area (Å²) in [4.78, 5) is 13.0. The molecule has 0 saturated heterocycles. The molecule has 0 amide bonds. The molecule has 1 saturated carbocycles. The fourth-order valence-corrected chi connectivity index (χ4v) is 2.43. The summed E-state index contributed by atoms with van der Waals surface area (Å²) in [6.07, 6.45) is 5.14. The fourth-order valence-electron chi connectivity index (χ4n) is 2.43. The van der Waals surface area contributed by atoms with E-state index in [2.05, 4.69) is 32.5 Å². The van der Waals surface area contributed by atoms with Crippen LogP contribution in [0.25, 0.3) is 0 Å². The Kier molecular flexibility index (Phi) is 5.20. The summed E-state index contributed by atoms with van der Waals surface area (Å²) in [5, 5.41) is 6.48. The minimum Gasteiger partial charge on any atom is -0.461 e. The van der Waals surface area contributed by atoms with Crippen LogP contribution in [-0.2, 0) is 0 Å². The lowest BCUT2D eigenvalue weighted by atomic mass is 10.0. The summed E-state index contributed by atoms with van der Waals surface area (Å²) in [5.41, 5.74) is 0.457. The van der Waals surface area contributed by atoms with Gasteiger partial charge in [0.25, 0.3) is 0 Å². The van der Waals surface area contributed by atoms with E-state index in [1.165, 1.54) is 25.7 Å². The van der Waals surface area contributed by atoms with Gasteiger partial charge in [0.1, 0.15) is 0 Å². The molecule has 1 aromatic heterocycles. The van der Waals surface area contributed by atoms with Crippen LogP contribution in [0.3, 0.4) is 0 Å². The maximum Gasteiger partial charge on any atom is 0.323 e. The topological polar surface area (TPSA) is 72.0 Å². The number of anilines is 2. The van der Waals surface area contributed by atoms with Crippen LogP contribution in [0.2, 0.25) is 0 Å². The van der Waals surface area contributed by atoms with E-state index < -0.39 is 0 Å². The molecule has 0 aromatic carbocycles. The van der Waals surface area contributed by atoms with Crippen molar-refractivity contribution < 1.29 is 4.74 Å². The van der Waals surface area contributed by atoms with Gasteiger partial charge in [0.2, 0.25) is 11.9 Å². The van der Waals surface area contributed by atoms with Crippen molar-refractivity contribution in [1.29, 1.82) is 0 Å². The molecule has 2 N–H and O–H groups in total. The molecule has 2 rings (SSSR count). The third kappa shape index (κ3) is 4.72. The van der Waals surface area contributed by atoms with E-state index in [0.717, 1.165) is 13.1 Å². The van der Waals surface area contributed by atoms with E-state index in [9.17, 15) is 0 Å². The first-order valence-corrected chi connectivity index (χ1v) is 7.97. The van der Waals surface area contributed by atoms with Crippen molar-refractivity contribution in [2.24, 2.45) is 5.41 Å². The van der Waals surface area contributed by atoms with Crippen molar-refractivity contribution in [1.82, 2.24) is 15.0 Å². The number of ether oxygens (including phenoxy) is 1. The molecule has 0 radical (unpaired) electrons. The van der Waals surface area contributed by atoms with Crippen LogP contribution in [0.1, 0.15) is 53.4 Å². The second-order valence-corrected chi connectivity index (χ2v) is 6.07. The third-order valence-corrected chi connectivity index (χ3v) is 3.65. The molecule has 1 aromatic rings. The third-order valence-electron chi connectivity index (χ3n) is 3.65. The predicted octanol–water partition coefficient (Wildman–Crippen LogP) is 3.08. The zero-order chi connectivity index (χ0) is 15.3. The highest BCUT2D eigenvalue weighted by Gasteiger charge is 2.41. The van der Waals surface area contributed by atoms with E-state index in [1.54, 1.807) is 0 Å². The van der Waals surface area contributed by atoms with Crippen molar-refractivity contribution in [2.45, 2.75) is 59.5 Å². The molecule has 0 aliphatic heterocycles. The predicted molar refractivity (Wildman–Crippen MR) is 84.8 cm³/mol. The number of nitrogens with one attached hydrogen (secondary N) is 2. The Hall–Kier alpha value is -1.59. The van der Waals surface area contributed by atoms with Crippen LogP contribution in [0, 0.1) is 5.41 Å². The number of nitrogens with zero attached hydrogens (tertiary/aromatic N) is 3. The van der Waals surface area contributed by atoms with Crippen molar-refractivity contribution in [2.75, 3.05) is 23.7 Å². The molecule has 21 heavy (non-hydrogen) atoms. The molecule has 6 nitrogen and oxygen atoms in total. The van der Waals surface area contributed by atoms with Gasteiger partial charge in [-0.3, -0.25) is 0 Å². The normalized spacial score (nSPS) is 15.9. The van der Waals surface area contributed by atoms with Crippen LogP contribution in [-0.4, -0.2) is 34.1 Å². The lowest BCUT2D eigenvalue weighted by Gasteiger charge is -2.16. The Bertz CT molecular complexity index is 459. The minimum atomic E-state index is 0.0459. The summed E-state index contributed by atoms with van der Waals surface area (Å²) in [6, 6.07) is 0.374. The molecule has 1 fully saturated rings. The first-order valence-electron chi connectivity index (χ1n) is 7.97. The van der Waals surface area contributed by atoms with E-state index in [0.29, 0.717) is 23.3 Å². The van der Waals surface area contributed by atoms with Crippen molar-refractivity contribution in [3.63, 3.8) is 0 Å². The van der Waals surface area contributed by atoms with Crippen molar-refractivity contribution >= 4 is 11.9 Å². The molecule has 0 bridgehead atoms. The summed E-state index contributed by atoms with van der Waals surface area (Å²) in [5.74, 6) is 1.16. The summed E-state index contributed by atoms with van der Waals surface area (Å²) < 4.78 is 5.59. The van der Waals surface area contributed by atoms with E-state index >= 15 is 0 Å². The molecule has 0 unspecified atom stereocenters. The fraction of sp³-hybridized carbons (Fsp3) is 0.800. The molecular formula is C15H27N5O. The lowest BCUT2D eigenvalue weighted by molar-refractivity contribution is 0.222. The van der Waals surface area contributed by atoms with Gasteiger partial charge in [0.15, 0.2) is 0 Å². The maximum absolute atomic E-state index is 5.59. The first kappa shape index (κ1) is 15.8. The maximum atomic E-state index is 5.59. The second kappa shape index (κ2) is 6.91. The molecule has 1 aliphatic carbocycles. The van der Waals surface area contributed by atoms with E-state index in [1.807, 2.05) is 20.8 Å². The van der Waals surface area contributed by atoms with Crippen LogP contribution >= 0.6 is 0 Å². The monoisotopic (exact) mass is 293 g/mol. The zero-order valence-electron chi connectivity index (χ0n) is 13.6. The first-order chi connectivity index (χ1) is 10.1. The minimum absolute atomic E-state index is 0.0459. The number of rotatable bonds is 9. The number of aromatic nitrogens is 3. The van der Waals surface area contributed by atoms with Gasteiger partial charge in [-0.1, -0.05) is 13.3 Å². The number of hydrogen-bond acceptors (Lipinski definition) is 6. The average molecular weight is 293 g/mol.